The molecule has 0 saturated carbocycles. The van der Waals surface area contributed by atoms with Crippen LogP contribution in [0.5, 0.6) is 28.9 Å². The summed E-state index contributed by atoms with van der Waals surface area (Å²) in [5.41, 5.74) is 1.44. The number of benzene rings is 3. The first-order valence-electron chi connectivity index (χ1n) is 15.2. The predicted octanol–water partition coefficient (Wildman–Crippen LogP) is 6.61. The predicted molar refractivity (Wildman–Crippen MR) is 164 cm³/mol. The number of halogens is 2. The second-order valence-corrected chi connectivity index (χ2v) is 11.0. The van der Waals surface area contributed by atoms with Gasteiger partial charge in [0.1, 0.15) is 30.7 Å². The molecule has 12 heteroatoms. The molecular weight excluding hydrogens is 584 g/mol. The van der Waals surface area contributed by atoms with Crippen molar-refractivity contribution in [2.24, 2.45) is 0 Å². The molecule has 1 atom stereocenters. The van der Waals surface area contributed by atoms with Crippen molar-refractivity contribution in [3.05, 3.63) is 72.1 Å². The van der Waals surface area contributed by atoms with Crippen LogP contribution in [0.15, 0.2) is 54.9 Å². The van der Waals surface area contributed by atoms with Crippen LogP contribution in [-0.2, 0) is 0 Å². The van der Waals surface area contributed by atoms with Crippen molar-refractivity contribution in [2.45, 2.75) is 38.6 Å². The minimum atomic E-state index is -0.717. The number of urea groups is 1. The van der Waals surface area contributed by atoms with Crippen molar-refractivity contribution >= 4 is 22.6 Å². The van der Waals surface area contributed by atoms with Crippen molar-refractivity contribution in [3.8, 4) is 28.9 Å². The first kappa shape index (κ1) is 30.3. The van der Waals surface area contributed by atoms with E-state index in [4.69, 9.17) is 18.9 Å². The Balaban J connectivity index is 1.14. The van der Waals surface area contributed by atoms with Crippen LogP contribution in [0.3, 0.4) is 0 Å². The number of piperidine rings is 1. The van der Waals surface area contributed by atoms with E-state index in [0.29, 0.717) is 48.0 Å². The number of amides is 2. The van der Waals surface area contributed by atoms with Crippen molar-refractivity contribution in [1.29, 1.82) is 0 Å². The number of likely N-dealkylation sites (tertiary alicyclic amines) is 1. The van der Waals surface area contributed by atoms with Crippen molar-refractivity contribution < 1.29 is 32.5 Å². The summed E-state index contributed by atoms with van der Waals surface area (Å²) in [6, 6.07) is 10.7. The molecule has 0 aliphatic carbocycles. The third-order valence-corrected chi connectivity index (χ3v) is 7.78. The first-order valence-corrected chi connectivity index (χ1v) is 15.2. The number of anilines is 1. The maximum absolute atomic E-state index is 15.2. The fourth-order valence-corrected chi connectivity index (χ4v) is 5.48. The molecule has 10 nitrogen and oxygen atoms in total. The van der Waals surface area contributed by atoms with E-state index >= 15 is 4.39 Å². The van der Waals surface area contributed by atoms with Crippen LogP contribution in [0.1, 0.15) is 44.2 Å². The topological polar surface area (TPSA) is 107 Å². The van der Waals surface area contributed by atoms with Crippen LogP contribution in [0, 0.1) is 11.6 Å². The Labute approximate surface area is 259 Å². The standard InChI is InChI=1S/C33H35F2N5O5/c1-21(22-6-8-23(34)9-7-22)38-33(41)39-24-10-11-27(25(35)18-24)45-32-29-26(36-20-37-32)19-28(30-31(29)44-17-16-43-30)42-15-5-14-40-12-3-2-4-13-40/h6-11,18-21H,2-5,12-17H2,1H3,(H2,38,39,41). The van der Waals surface area contributed by atoms with Gasteiger partial charge in [-0.25, -0.2) is 23.5 Å². The van der Waals surface area contributed by atoms with Gasteiger partial charge in [0.2, 0.25) is 11.6 Å². The van der Waals surface area contributed by atoms with E-state index in [1.807, 2.05) is 0 Å². The van der Waals surface area contributed by atoms with E-state index in [0.717, 1.165) is 37.7 Å². The van der Waals surface area contributed by atoms with E-state index in [2.05, 4.69) is 25.5 Å². The molecule has 3 heterocycles. The first-order chi connectivity index (χ1) is 21.9. The fraction of sp³-hybridized carbons (Fsp3) is 0.364. The number of ether oxygens (including phenoxy) is 4. The van der Waals surface area contributed by atoms with E-state index in [1.165, 1.54) is 49.9 Å². The number of fused-ring (bicyclic) bond motifs is 3. The normalized spacial score (nSPS) is 15.4. The summed E-state index contributed by atoms with van der Waals surface area (Å²) in [6.45, 7) is 6.19. The highest BCUT2D eigenvalue weighted by molar-refractivity contribution is 5.94. The number of aromatic nitrogens is 2. The molecule has 2 N–H and O–H groups in total. The minimum absolute atomic E-state index is 0.0869. The van der Waals surface area contributed by atoms with Gasteiger partial charge < -0.3 is 34.5 Å². The summed E-state index contributed by atoms with van der Waals surface area (Å²) >= 11 is 0. The summed E-state index contributed by atoms with van der Waals surface area (Å²) in [6.07, 6.45) is 6.00. The largest absolute Gasteiger partial charge is 0.489 e. The lowest BCUT2D eigenvalue weighted by molar-refractivity contribution is 0.161. The molecule has 2 aliphatic heterocycles. The van der Waals surface area contributed by atoms with Gasteiger partial charge in [0.05, 0.1) is 18.2 Å². The SMILES string of the molecule is CC(NC(=O)Nc1ccc(Oc2ncnc3cc(OCCCN4CCCCC4)c4c(c23)OCCO4)c(F)c1)c1ccc(F)cc1. The molecule has 45 heavy (non-hydrogen) atoms. The third-order valence-electron chi connectivity index (χ3n) is 7.78. The molecule has 2 aliphatic rings. The number of nitrogens with zero attached hydrogens (tertiary/aromatic N) is 3. The molecule has 1 aromatic heterocycles. The molecule has 2 amide bonds. The monoisotopic (exact) mass is 619 g/mol. The van der Waals surface area contributed by atoms with E-state index in [9.17, 15) is 9.18 Å². The Morgan fingerprint density at radius 2 is 1.76 bits per heavy atom. The Morgan fingerprint density at radius 3 is 2.53 bits per heavy atom. The van der Waals surface area contributed by atoms with E-state index in [-0.39, 0.29) is 23.1 Å². The van der Waals surface area contributed by atoms with Gasteiger partial charge in [-0.3, -0.25) is 0 Å². The highest BCUT2D eigenvalue weighted by Gasteiger charge is 2.26. The third kappa shape index (κ3) is 7.34. The lowest BCUT2D eigenvalue weighted by Gasteiger charge is -2.26. The highest BCUT2D eigenvalue weighted by atomic mass is 19.1. The van der Waals surface area contributed by atoms with Gasteiger partial charge in [-0.2, -0.15) is 0 Å². The molecule has 1 saturated heterocycles. The van der Waals surface area contributed by atoms with Crippen LogP contribution in [-0.4, -0.2) is 60.4 Å². The molecule has 0 bridgehead atoms. The summed E-state index contributed by atoms with van der Waals surface area (Å²) < 4.78 is 52.4. The zero-order chi connectivity index (χ0) is 31.2. The number of hydrogen-bond acceptors (Lipinski definition) is 8. The summed E-state index contributed by atoms with van der Waals surface area (Å²) in [5.74, 6) is 0.239. The fourth-order valence-electron chi connectivity index (χ4n) is 5.48. The zero-order valence-corrected chi connectivity index (χ0v) is 25.0. The Bertz CT molecular complexity index is 1650. The molecule has 0 spiro atoms. The average molecular weight is 620 g/mol. The zero-order valence-electron chi connectivity index (χ0n) is 25.0. The van der Waals surface area contributed by atoms with Crippen molar-refractivity contribution in [3.63, 3.8) is 0 Å². The maximum Gasteiger partial charge on any atom is 0.319 e. The summed E-state index contributed by atoms with van der Waals surface area (Å²) in [5, 5.41) is 5.78. The minimum Gasteiger partial charge on any atom is -0.489 e. The van der Waals surface area contributed by atoms with Gasteiger partial charge in [-0.1, -0.05) is 18.6 Å². The quantitative estimate of drug-likeness (QED) is 0.191. The average Bonchev–Trinajstić information content (AvgIpc) is 3.05. The smallest absolute Gasteiger partial charge is 0.319 e. The van der Waals surface area contributed by atoms with Gasteiger partial charge in [-0.05, 0) is 69.1 Å². The van der Waals surface area contributed by atoms with Crippen molar-refractivity contribution in [1.82, 2.24) is 20.2 Å². The number of rotatable bonds is 10. The van der Waals surface area contributed by atoms with Crippen LogP contribution in [0.2, 0.25) is 0 Å². The van der Waals surface area contributed by atoms with Gasteiger partial charge in [0.15, 0.2) is 23.1 Å². The highest BCUT2D eigenvalue weighted by Crippen LogP contribution is 2.48. The number of hydrogen-bond donors (Lipinski definition) is 2. The summed E-state index contributed by atoms with van der Waals surface area (Å²) in [4.78, 5) is 23.6. The van der Waals surface area contributed by atoms with Crippen LogP contribution >= 0.6 is 0 Å². The Hall–Kier alpha value is -4.71. The molecule has 236 valence electrons. The number of carbonyl (C=O) groups is 1. The molecule has 3 aromatic carbocycles. The second-order valence-electron chi connectivity index (χ2n) is 11.0. The molecule has 1 unspecified atom stereocenters. The number of carbonyl (C=O) groups excluding carboxylic acids is 1. The Kier molecular flexibility index (Phi) is 9.39. The van der Waals surface area contributed by atoms with Crippen LogP contribution < -0.4 is 29.6 Å². The molecule has 0 radical (unpaired) electrons. The van der Waals surface area contributed by atoms with E-state index in [1.54, 1.807) is 25.1 Å². The van der Waals surface area contributed by atoms with Crippen molar-refractivity contribution in [2.75, 3.05) is 44.8 Å². The van der Waals surface area contributed by atoms with E-state index < -0.39 is 17.9 Å². The van der Waals surface area contributed by atoms with Gasteiger partial charge in [0.25, 0.3) is 0 Å². The van der Waals surface area contributed by atoms with Gasteiger partial charge in [-0.15, -0.1) is 0 Å². The Morgan fingerprint density at radius 1 is 0.978 bits per heavy atom. The number of nitrogens with one attached hydrogen (secondary N) is 2. The lowest BCUT2D eigenvalue weighted by Crippen LogP contribution is -2.31. The summed E-state index contributed by atoms with van der Waals surface area (Å²) in [7, 11) is 0. The molecule has 1 fully saturated rings. The van der Waals surface area contributed by atoms with Gasteiger partial charge in [0, 0.05) is 24.4 Å². The molecular formula is C33H35F2N5O5. The maximum atomic E-state index is 15.2. The second kappa shape index (κ2) is 13.9. The molecule has 6 rings (SSSR count). The van der Waals surface area contributed by atoms with Gasteiger partial charge >= 0.3 is 6.03 Å². The van der Waals surface area contributed by atoms with Crippen LogP contribution in [0.4, 0.5) is 19.3 Å². The lowest BCUT2D eigenvalue weighted by atomic mass is 10.1. The van der Waals surface area contributed by atoms with Crippen LogP contribution in [0.25, 0.3) is 10.9 Å². The molecule has 4 aromatic rings.